The number of hydrogen-bond donors (Lipinski definition) is 0. The lowest BCUT2D eigenvalue weighted by molar-refractivity contribution is 0.0724. The van der Waals surface area contributed by atoms with Crippen molar-refractivity contribution in [2.45, 2.75) is 25.9 Å². The van der Waals surface area contributed by atoms with Gasteiger partial charge >= 0.3 is 0 Å². The van der Waals surface area contributed by atoms with Gasteiger partial charge in [-0.1, -0.05) is 12.1 Å². The molecule has 1 aromatic heterocycles. The van der Waals surface area contributed by atoms with Crippen LogP contribution in [0, 0.1) is 0 Å². The van der Waals surface area contributed by atoms with E-state index in [1.807, 2.05) is 29.2 Å². The molecular weight excluding hydrogens is 304 g/mol. The molecule has 126 valence electrons. The van der Waals surface area contributed by atoms with E-state index < -0.39 is 0 Å². The van der Waals surface area contributed by atoms with Gasteiger partial charge in [-0.3, -0.25) is 9.59 Å². The van der Waals surface area contributed by atoms with Crippen molar-refractivity contribution in [1.29, 1.82) is 0 Å². The van der Waals surface area contributed by atoms with Crippen LogP contribution in [0.4, 0.5) is 0 Å². The first kappa shape index (κ1) is 16.3. The minimum atomic E-state index is -0.102. The van der Waals surface area contributed by atoms with Gasteiger partial charge in [0.2, 0.25) is 0 Å². The van der Waals surface area contributed by atoms with Gasteiger partial charge in [0.25, 0.3) is 11.5 Å². The lowest BCUT2D eigenvalue weighted by Crippen LogP contribution is -2.35. The summed E-state index contributed by atoms with van der Waals surface area (Å²) in [6.07, 6.45) is 5.07. The zero-order valence-electron chi connectivity index (χ0n) is 13.9. The minimum Gasteiger partial charge on any atom is -0.489 e. The molecule has 24 heavy (non-hydrogen) atoms. The normalized spacial score (nSPS) is 14.5. The largest absolute Gasteiger partial charge is 0.489 e. The number of aromatic nitrogens is 1. The molecule has 2 heterocycles. The summed E-state index contributed by atoms with van der Waals surface area (Å²) in [4.78, 5) is 25.9. The second kappa shape index (κ2) is 7.34. The van der Waals surface area contributed by atoms with Gasteiger partial charge in [-0.25, -0.2) is 0 Å². The molecule has 1 aliphatic heterocycles. The number of ether oxygens (including phenoxy) is 1. The van der Waals surface area contributed by atoms with Crippen LogP contribution in [0.3, 0.4) is 0 Å². The lowest BCUT2D eigenvalue weighted by atomic mass is 10.1. The maximum Gasteiger partial charge on any atom is 0.253 e. The molecule has 1 aliphatic rings. The van der Waals surface area contributed by atoms with Crippen LogP contribution in [0.2, 0.25) is 0 Å². The topological polar surface area (TPSA) is 51.5 Å². The highest BCUT2D eigenvalue weighted by atomic mass is 16.5. The summed E-state index contributed by atoms with van der Waals surface area (Å²) < 4.78 is 7.13. The molecule has 0 bridgehead atoms. The van der Waals surface area contributed by atoms with Crippen LogP contribution in [0.5, 0.6) is 5.75 Å². The van der Waals surface area contributed by atoms with Crippen LogP contribution in [-0.4, -0.2) is 28.5 Å². The number of piperidine rings is 1. The summed E-state index contributed by atoms with van der Waals surface area (Å²) in [7, 11) is 1.70. The molecule has 1 aromatic carbocycles. The van der Waals surface area contributed by atoms with E-state index in [0.717, 1.165) is 31.5 Å². The molecule has 0 unspecified atom stereocenters. The van der Waals surface area contributed by atoms with Gasteiger partial charge in [0, 0.05) is 38.0 Å². The molecule has 0 saturated carbocycles. The van der Waals surface area contributed by atoms with Crippen LogP contribution < -0.4 is 10.3 Å². The number of hydrogen-bond acceptors (Lipinski definition) is 3. The second-order valence-corrected chi connectivity index (χ2v) is 6.15. The number of benzene rings is 1. The fourth-order valence-corrected chi connectivity index (χ4v) is 2.81. The second-order valence-electron chi connectivity index (χ2n) is 6.15. The molecule has 1 saturated heterocycles. The SMILES string of the molecule is Cn1ccc(OCc2ccc(C(=O)N3CCCCC3)cc2)cc1=O. The Kier molecular flexibility index (Phi) is 4.99. The first-order chi connectivity index (χ1) is 11.6. The van der Waals surface area contributed by atoms with Crippen molar-refractivity contribution in [3.63, 3.8) is 0 Å². The highest BCUT2D eigenvalue weighted by Gasteiger charge is 2.17. The Balaban J connectivity index is 1.60. The quantitative estimate of drug-likeness (QED) is 0.868. The number of rotatable bonds is 4. The van der Waals surface area contributed by atoms with E-state index in [4.69, 9.17) is 4.74 Å². The maximum absolute atomic E-state index is 12.4. The molecule has 0 spiro atoms. The van der Waals surface area contributed by atoms with Crippen molar-refractivity contribution in [2.75, 3.05) is 13.1 Å². The standard InChI is InChI=1S/C19H22N2O3/c1-20-12-9-17(13-18(20)22)24-14-15-5-7-16(8-6-15)19(23)21-10-3-2-4-11-21/h5-9,12-13H,2-4,10-11,14H2,1H3. The number of aryl methyl sites for hydroxylation is 1. The van der Waals surface area contributed by atoms with Crippen LogP contribution in [0.25, 0.3) is 0 Å². The molecule has 1 amide bonds. The highest BCUT2D eigenvalue weighted by Crippen LogP contribution is 2.15. The van der Waals surface area contributed by atoms with Gasteiger partial charge in [0.05, 0.1) is 0 Å². The fraction of sp³-hybridized carbons (Fsp3) is 0.368. The van der Waals surface area contributed by atoms with Gasteiger partial charge in [-0.15, -0.1) is 0 Å². The number of carbonyl (C=O) groups excluding carboxylic acids is 1. The molecule has 2 aromatic rings. The average molecular weight is 326 g/mol. The van der Waals surface area contributed by atoms with E-state index >= 15 is 0 Å². The Hall–Kier alpha value is -2.56. The molecular formula is C19H22N2O3. The number of amides is 1. The first-order valence-electron chi connectivity index (χ1n) is 8.31. The molecule has 0 atom stereocenters. The Bertz CT molecular complexity index is 759. The van der Waals surface area contributed by atoms with Gasteiger partial charge in [0.15, 0.2) is 0 Å². The van der Waals surface area contributed by atoms with Gasteiger partial charge in [-0.05, 0) is 43.0 Å². The smallest absolute Gasteiger partial charge is 0.253 e. The number of carbonyl (C=O) groups is 1. The van der Waals surface area contributed by atoms with E-state index in [1.165, 1.54) is 17.1 Å². The predicted molar refractivity (Wildman–Crippen MR) is 92.2 cm³/mol. The summed E-state index contributed by atoms with van der Waals surface area (Å²) in [6.45, 7) is 2.07. The van der Waals surface area contributed by atoms with Crippen LogP contribution in [0.15, 0.2) is 47.4 Å². The Morgan fingerprint density at radius 2 is 1.79 bits per heavy atom. The lowest BCUT2D eigenvalue weighted by Gasteiger charge is -2.26. The maximum atomic E-state index is 12.4. The first-order valence-corrected chi connectivity index (χ1v) is 8.31. The third-order valence-corrected chi connectivity index (χ3v) is 4.33. The number of likely N-dealkylation sites (tertiary alicyclic amines) is 1. The summed E-state index contributed by atoms with van der Waals surface area (Å²) in [5.74, 6) is 0.653. The molecule has 0 N–H and O–H groups in total. The third kappa shape index (κ3) is 3.85. The van der Waals surface area contributed by atoms with Crippen LogP contribution in [0.1, 0.15) is 35.2 Å². The van der Waals surface area contributed by atoms with E-state index in [9.17, 15) is 9.59 Å². The molecule has 3 rings (SSSR count). The fourth-order valence-electron chi connectivity index (χ4n) is 2.81. The van der Waals surface area contributed by atoms with Gasteiger partial charge < -0.3 is 14.2 Å². The zero-order valence-corrected chi connectivity index (χ0v) is 13.9. The summed E-state index contributed by atoms with van der Waals surface area (Å²) in [5.41, 5.74) is 1.58. The van der Waals surface area contributed by atoms with E-state index in [1.54, 1.807) is 19.3 Å². The van der Waals surface area contributed by atoms with Crippen molar-refractivity contribution < 1.29 is 9.53 Å². The molecule has 0 aliphatic carbocycles. The Morgan fingerprint density at radius 3 is 2.46 bits per heavy atom. The third-order valence-electron chi connectivity index (χ3n) is 4.33. The van der Waals surface area contributed by atoms with E-state index in [2.05, 4.69) is 0 Å². The van der Waals surface area contributed by atoms with E-state index in [0.29, 0.717) is 17.9 Å². The van der Waals surface area contributed by atoms with Crippen molar-refractivity contribution in [3.05, 3.63) is 64.1 Å². The van der Waals surface area contributed by atoms with Crippen LogP contribution in [-0.2, 0) is 13.7 Å². The van der Waals surface area contributed by atoms with E-state index in [-0.39, 0.29) is 11.5 Å². The van der Waals surface area contributed by atoms with Crippen molar-refractivity contribution >= 4 is 5.91 Å². The predicted octanol–water partition coefficient (Wildman–Crippen LogP) is 2.59. The highest BCUT2D eigenvalue weighted by molar-refractivity contribution is 5.94. The average Bonchev–Trinajstić information content (AvgIpc) is 2.63. The Morgan fingerprint density at radius 1 is 1.08 bits per heavy atom. The van der Waals surface area contributed by atoms with Crippen molar-refractivity contribution in [3.8, 4) is 5.75 Å². The minimum absolute atomic E-state index is 0.102. The van der Waals surface area contributed by atoms with Gasteiger partial charge in [0.1, 0.15) is 12.4 Å². The molecule has 1 fully saturated rings. The summed E-state index contributed by atoms with van der Waals surface area (Å²) >= 11 is 0. The number of pyridine rings is 1. The van der Waals surface area contributed by atoms with Crippen LogP contribution >= 0.6 is 0 Å². The Labute approximate surface area is 141 Å². The molecule has 0 radical (unpaired) electrons. The molecule has 5 heteroatoms. The van der Waals surface area contributed by atoms with Gasteiger partial charge in [-0.2, -0.15) is 0 Å². The van der Waals surface area contributed by atoms with Crippen molar-refractivity contribution in [1.82, 2.24) is 9.47 Å². The zero-order chi connectivity index (χ0) is 16.9. The summed E-state index contributed by atoms with van der Waals surface area (Å²) in [6, 6.07) is 10.7. The summed E-state index contributed by atoms with van der Waals surface area (Å²) in [5, 5.41) is 0. The monoisotopic (exact) mass is 326 g/mol. The number of nitrogens with zero attached hydrogens (tertiary/aromatic N) is 2. The van der Waals surface area contributed by atoms with Crippen molar-refractivity contribution in [2.24, 2.45) is 7.05 Å². The molecule has 5 nitrogen and oxygen atoms in total.